The molecule has 6 rings (SSSR count). The molecule has 0 spiro atoms. The van der Waals surface area contributed by atoms with Gasteiger partial charge in [0.25, 0.3) is 5.91 Å². The van der Waals surface area contributed by atoms with E-state index >= 15 is 0 Å². The molecule has 0 aliphatic carbocycles. The van der Waals surface area contributed by atoms with Crippen molar-refractivity contribution in [2.24, 2.45) is 0 Å². The number of hydrogen-bond acceptors (Lipinski definition) is 8. The number of anilines is 2. The van der Waals surface area contributed by atoms with Gasteiger partial charge in [-0.2, -0.15) is 0 Å². The fourth-order valence-corrected chi connectivity index (χ4v) is 5.47. The van der Waals surface area contributed by atoms with Crippen LogP contribution >= 0.6 is 12.8 Å². The van der Waals surface area contributed by atoms with Crippen LogP contribution in [-0.4, -0.2) is 52.7 Å². The van der Waals surface area contributed by atoms with E-state index in [1.54, 1.807) is 6.20 Å². The van der Waals surface area contributed by atoms with Gasteiger partial charge >= 0.3 is 0 Å². The summed E-state index contributed by atoms with van der Waals surface area (Å²) in [6.07, 6.45) is 3.06. The summed E-state index contributed by atoms with van der Waals surface area (Å²) >= 11 is 4.48. The van der Waals surface area contributed by atoms with E-state index in [-0.39, 0.29) is 18.1 Å². The Kier molecular flexibility index (Phi) is 6.63. The van der Waals surface area contributed by atoms with Crippen LogP contribution in [0, 0.1) is 0 Å². The molecular weight excluding hydrogens is 496 g/mol. The summed E-state index contributed by atoms with van der Waals surface area (Å²) in [7, 11) is 0. The summed E-state index contributed by atoms with van der Waals surface area (Å²) in [6, 6.07) is 17.7. The molecule has 0 radical (unpaired) electrons. The van der Waals surface area contributed by atoms with Crippen LogP contribution < -0.4 is 14.5 Å². The minimum Gasteiger partial charge on any atom is -0.372 e. The highest BCUT2D eigenvalue weighted by Gasteiger charge is 2.23. The number of aromatic nitrogens is 3. The highest BCUT2D eigenvalue weighted by Crippen LogP contribution is 2.30. The zero-order chi connectivity index (χ0) is 26.2. The number of pyridine rings is 3. The van der Waals surface area contributed by atoms with Crippen molar-refractivity contribution < 1.29 is 9.53 Å². The van der Waals surface area contributed by atoms with Crippen LogP contribution in [0.2, 0.25) is 0 Å². The van der Waals surface area contributed by atoms with E-state index in [9.17, 15) is 4.79 Å². The molecule has 5 heterocycles. The molecule has 2 atom stereocenters. The fourth-order valence-electron chi connectivity index (χ4n) is 5.18. The number of rotatable bonds is 5. The Bertz CT molecular complexity index is 1500. The first-order valence-electron chi connectivity index (χ1n) is 12.9. The molecule has 0 saturated carbocycles. The summed E-state index contributed by atoms with van der Waals surface area (Å²) in [4.78, 5) is 29.4. The van der Waals surface area contributed by atoms with E-state index in [1.165, 1.54) is 5.56 Å². The second-order valence-electron chi connectivity index (χ2n) is 10.0. The molecule has 2 aliphatic rings. The molecule has 1 aromatic carbocycles. The number of thiol groups is 1. The molecule has 8 nitrogen and oxygen atoms in total. The van der Waals surface area contributed by atoms with Gasteiger partial charge in [0, 0.05) is 36.8 Å². The van der Waals surface area contributed by atoms with Crippen molar-refractivity contribution in [3.05, 3.63) is 77.6 Å². The zero-order valence-corrected chi connectivity index (χ0v) is 22.4. The first kappa shape index (κ1) is 24.6. The van der Waals surface area contributed by atoms with Gasteiger partial charge in [-0.1, -0.05) is 24.9 Å². The first-order chi connectivity index (χ1) is 18.4. The Morgan fingerprint density at radius 1 is 1.05 bits per heavy atom. The van der Waals surface area contributed by atoms with Gasteiger partial charge in [0.1, 0.15) is 5.82 Å². The van der Waals surface area contributed by atoms with E-state index in [0.29, 0.717) is 12.1 Å². The average Bonchev–Trinajstić information content (AvgIpc) is 3.30. The van der Waals surface area contributed by atoms with Crippen LogP contribution in [0.3, 0.4) is 0 Å². The molecule has 1 saturated heterocycles. The molecule has 2 aliphatic heterocycles. The monoisotopic (exact) mass is 526 g/mol. The number of carbonyl (C=O) groups is 1. The molecule has 38 heavy (non-hydrogen) atoms. The Hall–Kier alpha value is -3.69. The third kappa shape index (κ3) is 5.04. The molecule has 1 unspecified atom stereocenters. The first-order valence-corrected chi connectivity index (χ1v) is 13.3. The number of benzene rings is 1. The molecule has 1 fully saturated rings. The summed E-state index contributed by atoms with van der Waals surface area (Å²) in [5, 5.41) is 3.92. The maximum Gasteiger partial charge on any atom is 0.251 e. The summed E-state index contributed by atoms with van der Waals surface area (Å²) < 4.78 is 7.76. The molecular formula is C29H30N6O2S. The second-order valence-corrected chi connectivity index (χ2v) is 10.5. The molecule has 1 N–H and O–H groups in total. The number of nitrogens with zero attached hydrogens (tertiary/aromatic N) is 5. The Labute approximate surface area is 227 Å². The van der Waals surface area contributed by atoms with Crippen LogP contribution in [0.5, 0.6) is 0 Å². The zero-order valence-electron chi connectivity index (χ0n) is 21.5. The number of morpholine rings is 1. The number of carbonyl (C=O) groups excluding carboxylic acids is 1. The van der Waals surface area contributed by atoms with Gasteiger partial charge < -0.3 is 19.3 Å². The van der Waals surface area contributed by atoms with Gasteiger partial charge in [-0.25, -0.2) is 9.97 Å². The molecule has 194 valence electrons. The fraction of sp³-hybridized carbons (Fsp3) is 0.310. The average molecular weight is 527 g/mol. The molecule has 0 bridgehead atoms. The van der Waals surface area contributed by atoms with E-state index in [0.717, 1.165) is 65.5 Å². The van der Waals surface area contributed by atoms with Crippen LogP contribution in [0.1, 0.15) is 35.5 Å². The Morgan fingerprint density at radius 2 is 1.87 bits per heavy atom. The van der Waals surface area contributed by atoms with Gasteiger partial charge in [-0.3, -0.25) is 9.78 Å². The van der Waals surface area contributed by atoms with Gasteiger partial charge in [0.2, 0.25) is 0 Å². The normalized spacial score (nSPS) is 19.0. The smallest absolute Gasteiger partial charge is 0.251 e. The van der Waals surface area contributed by atoms with E-state index in [2.05, 4.69) is 41.9 Å². The van der Waals surface area contributed by atoms with Crippen molar-refractivity contribution in [3.8, 4) is 11.4 Å². The Balaban J connectivity index is 1.19. The van der Waals surface area contributed by atoms with Crippen LogP contribution in [0.4, 0.5) is 11.5 Å². The van der Waals surface area contributed by atoms with Gasteiger partial charge in [-0.05, 0) is 68.3 Å². The van der Waals surface area contributed by atoms with Crippen molar-refractivity contribution in [1.29, 1.82) is 0 Å². The van der Waals surface area contributed by atoms with Crippen LogP contribution in [-0.2, 0) is 17.7 Å². The van der Waals surface area contributed by atoms with E-state index in [1.807, 2.05) is 58.9 Å². The van der Waals surface area contributed by atoms with Gasteiger partial charge in [0.05, 0.1) is 47.0 Å². The van der Waals surface area contributed by atoms with E-state index < -0.39 is 0 Å². The lowest BCUT2D eigenvalue weighted by Crippen LogP contribution is -2.45. The van der Waals surface area contributed by atoms with Gasteiger partial charge in [-0.15, -0.1) is 0 Å². The highest BCUT2D eigenvalue weighted by molar-refractivity contribution is 7.81. The standard InChI is InChI=1S/C29H30N6O2S/c1-18-16-34(17-19(2)37-18)28-5-3-4-24(33-28)25-9-8-22-14-30-23(13-26(22)32-25)15-31-29(36)21-7-6-20-10-11-35(38)27(20)12-21/h3-9,12-14,18-19,38H,10-11,15-17H2,1-2H3,(H,31,36)/t18-,19?/m1/s1. The van der Waals surface area contributed by atoms with Crippen LogP contribution in [0.25, 0.3) is 22.3 Å². The second kappa shape index (κ2) is 10.2. The van der Waals surface area contributed by atoms with Crippen molar-refractivity contribution in [3.63, 3.8) is 0 Å². The van der Waals surface area contributed by atoms with Crippen molar-refractivity contribution in [2.75, 3.05) is 28.8 Å². The number of fused-ring (bicyclic) bond motifs is 2. The highest BCUT2D eigenvalue weighted by atomic mass is 32.1. The maximum atomic E-state index is 12.8. The predicted octanol–water partition coefficient (Wildman–Crippen LogP) is 4.44. The number of ether oxygens (including phenoxy) is 1. The third-order valence-corrected chi connectivity index (χ3v) is 7.43. The Morgan fingerprint density at radius 3 is 2.71 bits per heavy atom. The lowest BCUT2D eigenvalue weighted by molar-refractivity contribution is -0.00545. The molecule has 3 aromatic heterocycles. The topological polar surface area (TPSA) is 83.5 Å². The number of amides is 1. The molecule has 4 aromatic rings. The summed E-state index contributed by atoms with van der Waals surface area (Å²) in [5.41, 5.74) is 5.99. The SMILES string of the molecule is CC1CN(c2cccc(-c3ccc4cnc(CNC(=O)c5ccc6c(c5)N(S)CC6)cc4n3)n2)C[C@@H](C)O1. The minimum absolute atomic E-state index is 0.141. The predicted molar refractivity (Wildman–Crippen MR) is 153 cm³/mol. The maximum absolute atomic E-state index is 12.8. The van der Waals surface area contributed by atoms with E-state index in [4.69, 9.17) is 14.7 Å². The van der Waals surface area contributed by atoms with Crippen molar-refractivity contribution in [1.82, 2.24) is 20.3 Å². The lowest BCUT2D eigenvalue weighted by Gasteiger charge is -2.36. The van der Waals surface area contributed by atoms with Crippen LogP contribution in [0.15, 0.2) is 60.8 Å². The summed E-state index contributed by atoms with van der Waals surface area (Å²) in [6.45, 7) is 6.96. The lowest BCUT2D eigenvalue weighted by atomic mass is 10.1. The number of hydrogen-bond donors (Lipinski definition) is 2. The molecule has 1 amide bonds. The molecule has 9 heteroatoms. The largest absolute Gasteiger partial charge is 0.372 e. The van der Waals surface area contributed by atoms with Crippen molar-refractivity contribution in [2.45, 2.75) is 39.0 Å². The third-order valence-electron chi connectivity index (χ3n) is 7.02. The quantitative estimate of drug-likeness (QED) is 0.372. The number of nitrogens with one attached hydrogen (secondary N) is 1. The summed E-state index contributed by atoms with van der Waals surface area (Å²) in [5.74, 6) is 0.787. The minimum atomic E-state index is -0.141. The van der Waals surface area contributed by atoms with Gasteiger partial charge in [0.15, 0.2) is 0 Å². The van der Waals surface area contributed by atoms with Crippen molar-refractivity contribution >= 4 is 41.1 Å².